The van der Waals surface area contributed by atoms with Gasteiger partial charge in [0, 0.05) is 29.5 Å². The van der Waals surface area contributed by atoms with Gasteiger partial charge in [0.2, 0.25) is 0 Å². The van der Waals surface area contributed by atoms with Crippen LogP contribution in [0.2, 0.25) is 0 Å². The van der Waals surface area contributed by atoms with Crippen molar-refractivity contribution in [2.45, 2.75) is 64.2 Å². The lowest BCUT2D eigenvalue weighted by Crippen LogP contribution is -2.14. The summed E-state index contributed by atoms with van der Waals surface area (Å²) in [5.74, 6) is 0.752. The molecule has 172 valence electrons. The number of benzene rings is 1. The second-order valence-corrected chi connectivity index (χ2v) is 11.8. The average molecular weight is 474 g/mol. The van der Waals surface area contributed by atoms with Gasteiger partial charge >= 0.3 is 0 Å². The molecule has 1 atom stereocenters. The van der Waals surface area contributed by atoms with E-state index < -0.39 is 9.84 Å². The molecule has 0 amide bonds. The summed E-state index contributed by atoms with van der Waals surface area (Å²) in [6.07, 6.45) is 4.02. The van der Waals surface area contributed by atoms with Gasteiger partial charge < -0.3 is 9.13 Å². The first-order valence-corrected chi connectivity index (χ1v) is 14.1. The van der Waals surface area contributed by atoms with Gasteiger partial charge in [-0.2, -0.15) is 0 Å². The normalized spacial score (nSPS) is 17.9. The number of ketones is 1. The van der Waals surface area contributed by atoms with E-state index in [4.69, 9.17) is 4.98 Å². The Bertz CT molecular complexity index is 1240. The van der Waals surface area contributed by atoms with Crippen LogP contribution in [0.3, 0.4) is 0 Å². The molecule has 0 radical (unpaired) electrons. The van der Waals surface area contributed by atoms with E-state index in [-0.39, 0.29) is 23.3 Å². The summed E-state index contributed by atoms with van der Waals surface area (Å²) in [5, 5.41) is 0.881. The quantitative estimate of drug-likeness (QED) is 0.249. The van der Waals surface area contributed by atoms with Gasteiger partial charge in [-0.1, -0.05) is 43.7 Å². The maximum absolute atomic E-state index is 13.1. The molecule has 4 rings (SSSR count). The van der Waals surface area contributed by atoms with Crippen molar-refractivity contribution in [1.82, 2.24) is 14.1 Å². The number of thioether (sulfide) groups is 1. The van der Waals surface area contributed by atoms with Crippen molar-refractivity contribution in [2.24, 2.45) is 0 Å². The van der Waals surface area contributed by atoms with Crippen molar-refractivity contribution < 1.29 is 13.2 Å². The molecule has 3 heterocycles. The van der Waals surface area contributed by atoms with E-state index in [0.29, 0.717) is 17.7 Å². The van der Waals surface area contributed by atoms with Crippen LogP contribution in [0.4, 0.5) is 0 Å². The number of imidazole rings is 1. The molecule has 1 saturated heterocycles. The summed E-state index contributed by atoms with van der Waals surface area (Å²) in [5.41, 5.74) is 4.57. The van der Waals surface area contributed by atoms with Crippen molar-refractivity contribution in [3.05, 3.63) is 47.3 Å². The number of fused-ring (bicyclic) bond motifs is 1. The van der Waals surface area contributed by atoms with Crippen molar-refractivity contribution in [1.29, 1.82) is 0 Å². The van der Waals surface area contributed by atoms with Gasteiger partial charge in [-0.05, 0) is 44.9 Å². The Hall–Kier alpha value is -2.06. The number of para-hydroxylation sites is 2. The van der Waals surface area contributed by atoms with Gasteiger partial charge in [0.15, 0.2) is 20.8 Å². The van der Waals surface area contributed by atoms with E-state index in [2.05, 4.69) is 17.6 Å². The molecule has 0 spiro atoms. The van der Waals surface area contributed by atoms with Gasteiger partial charge in [-0.25, -0.2) is 13.4 Å². The van der Waals surface area contributed by atoms with Gasteiger partial charge in [-0.3, -0.25) is 4.79 Å². The first-order valence-electron chi connectivity index (χ1n) is 11.3. The second-order valence-electron chi connectivity index (χ2n) is 8.67. The molecule has 1 aliphatic rings. The number of Topliss-reactive ketones (excluding diaryl/α,β-unsaturated/α-hetero) is 1. The highest BCUT2D eigenvalue weighted by molar-refractivity contribution is 7.99. The third-order valence-corrected chi connectivity index (χ3v) is 9.02. The smallest absolute Gasteiger partial charge is 0.175 e. The molecule has 1 fully saturated rings. The first-order chi connectivity index (χ1) is 15.3. The molecule has 32 heavy (non-hydrogen) atoms. The molecular formula is C24H31N3O3S2. The lowest BCUT2D eigenvalue weighted by molar-refractivity contribution is 0.102. The number of hydrogen-bond acceptors (Lipinski definition) is 5. The maximum Gasteiger partial charge on any atom is 0.175 e. The molecule has 3 aromatic rings. The van der Waals surface area contributed by atoms with E-state index in [1.807, 2.05) is 42.7 Å². The number of aromatic nitrogens is 3. The Morgan fingerprint density at radius 3 is 2.72 bits per heavy atom. The molecule has 0 bridgehead atoms. The second kappa shape index (κ2) is 9.43. The molecule has 0 aliphatic carbocycles. The van der Waals surface area contributed by atoms with Crippen LogP contribution in [-0.4, -0.2) is 45.6 Å². The summed E-state index contributed by atoms with van der Waals surface area (Å²) < 4.78 is 28.2. The number of carbonyl (C=O) groups is 1. The number of sulfone groups is 1. The fraction of sp³-hybridized carbons (Fsp3) is 0.500. The van der Waals surface area contributed by atoms with Gasteiger partial charge in [0.1, 0.15) is 0 Å². The van der Waals surface area contributed by atoms with Gasteiger partial charge in [0.05, 0.1) is 28.3 Å². The molecule has 8 heteroatoms. The Morgan fingerprint density at radius 1 is 1.22 bits per heavy atom. The third kappa shape index (κ3) is 4.66. The lowest BCUT2D eigenvalue weighted by atomic mass is 10.2. The Labute approximate surface area is 194 Å². The van der Waals surface area contributed by atoms with Crippen LogP contribution in [0.15, 0.2) is 35.5 Å². The minimum absolute atomic E-state index is 0.0577. The van der Waals surface area contributed by atoms with Crippen molar-refractivity contribution in [2.75, 3.05) is 17.3 Å². The molecular weight excluding hydrogens is 442 g/mol. The van der Waals surface area contributed by atoms with Crippen molar-refractivity contribution >= 4 is 38.4 Å². The van der Waals surface area contributed by atoms with Crippen LogP contribution in [-0.2, 0) is 16.4 Å². The molecule has 1 aliphatic heterocycles. The predicted octanol–water partition coefficient (Wildman–Crippen LogP) is 4.98. The standard InChI is InChI=1S/C24H31N3O3S2/c1-4-5-8-12-26-22-10-7-6-9-21(22)25-24(26)31-15-23(28)20-14-17(2)27(18(20)3)19-11-13-32(29,30)16-19/h6-7,9-10,14,19H,4-5,8,11-13,15-16H2,1-3H3. The van der Waals surface area contributed by atoms with E-state index >= 15 is 0 Å². The number of aryl methyl sites for hydroxylation is 2. The Balaban J connectivity index is 1.53. The zero-order valence-corrected chi connectivity index (χ0v) is 20.6. The van der Waals surface area contributed by atoms with Crippen LogP contribution in [0, 0.1) is 13.8 Å². The summed E-state index contributed by atoms with van der Waals surface area (Å²) in [6.45, 7) is 6.97. The zero-order valence-electron chi connectivity index (χ0n) is 19.0. The van der Waals surface area contributed by atoms with Crippen LogP contribution in [0.25, 0.3) is 11.0 Å². The Kier molecular flexibility index (Phi) is 6.81. The first kappa shape index (κ1) is 23.1. The van der Waals surface area contributed by atoms with E-state index in [1.54, 1.807) is 0 Å². The predicted molar refractivity (Wildman–Crippen MR) is 131 cm³/mol. The topological polar surface area (TPSA) is 74.0 Å². The summed E-state index contributed by atoms with van der Waals surface area (Å²) in [6, 6.07) is 9.95. The van der Waals surface area contributed by atoms with E-state index in [1.165, 1.54) is 18.2 Å². The van der Waals surface area contributed by atoms with Crippen LogP contribution in [0.5, 0.6) is 0 Å². The average Bonchev–Trinajstić information content (AvgIpc) is 3.39. The SMILES string of the molecule is CCCCCn1c(SCC(=O)c2cc(C)n(C3CCS(=O)(=O)C3)c2C)nc2ccccc21. The van der Waals surface area contributed by atoms with Crippen LogP contribution in [0.1, 0.15) is 60.4 Å². The van der Waals surface area contributed by atoms with Crippen LogP contribution < -0.4 is 0 Å². The van der Waals surface area contributed by atoms with Crippen molar-refractivity contribution in [3.63, 3.8) is 0 Å². The van der Waals surface area contributed by atoms with Gasteiger partial charge in [0.25, 0.3) is 0 Å². The number of rotatable bonds is 9. The monoisotopic (exact) mass is 473 g/mol. The number of nitrogens with zero attached hydrogens (tertiary/aromatic N) is 3. The molecule has 0 N–H and O–H groups in total. The highest BCUT2D eigenvalue weighted by atomic mass is 32.2. The number of carbonyl (C=O) groups excluding carboxylic acids is 1. The van der Waals surface area contributed by atoms with E-state index in [9.17, 15) is 13.2 Å². The molecule has 1 unspecified atom stereocenters. The lowest BCUT2D eigenvalue weighted by Gasteiger charge is -2.16. The highest BCUT2D eigenvalue weighted by Crippen LogP contribution is 2.31. The largest absolute Gasteiger partial charge is 0.344 e. The zero-order chi connectivity index (χ0) is 22.9. The summed E-state index contributed by atoms with van der Waals surface area (Å²) >= 11 is 1.49. The third-order valence-electron chi connectivity index (χ3n) is 6.30. The van der Waals surface area contributed by atoms with E-state index in [0.717, 1.165) is 47.0 Å². The summed E-state index contributed by atoms with van der Waals surface area (Å²) in [4.78, 5) is 17.9. The highest BCUT2D eigenvalue weighted by Gasteiger charge is 2.31. The number of unbranched alkanes of at least 4 members (excludes halogenated alkanes) is 2. The molecule has 1 aromatic carbocycles. The Morgan fingerprint density at radius 2 is 2.00 bits per heavy atom. The minimum atomic E-state index is -2.98. The van der Waals surface area contributed by atoms with Gasteiger partial charge in [-0.15, -0.1) is 0 Å². The molecule has 6 nitrogen and oxygen atoms in total. The minimum Gasteiger partial charge on any atom is -0.344 e. The summed E-state index contributed by atoms with van der Waals surface area (Å²) in [7, 11) is -2.98. The fourth-order valence-electron chi connectivity index (χ4n) is 4.71. The van der Waals surface area contributed by atoms with Crippen LogP contribution >= 0.6 is 11.8 Å². The number of hydrogen-bond donors (Lipinski definition) is 0. The molecule has 0 saturated carbocycles. The molecule has 2 aromatic heterocycles. The van der Waals surface area contributed by atoms with Crippen molar-refractivity contribution in [3.8, 4) is 0 Å². The maximum atomic E-state index is 13.1. The fourth-order valence-corrected chi connectivity index (χ4v) is 7.33.